The number of nitrogens with one attached hydrogen (secondary N) is 1. The van der Waals surface area contributed by atoms with E-state index in [1.807, 2.05) is 0 Å². The van der Waals surface area contributed by atoms with E-state index in [1.165, 1.54) is 0 Å². The molecule has 3 rings (SSSR count). The molecule has 0 spiro atoms. The van der Waals surface area contributed by atoms with Gasteiger partial charge in [-0.3, -0.25) is 0 Å². The van der Waals surface area contributed by atoms with Crippen molar-refractivity contribution in [2.45, 2.75) is 6.54 Å². The molecule has 0 aliphatic carbocycles. The predicted molar refractivity (Wildman–Crippen MR) is 64.6 cm³/mol. The zero-order valence-corrected chi connectivity index (χ0v) is 10.0. The van der Waals surface area contributed by atoms with Crippen molar-refractivity contribution in [3.05, 3.63) is 29.4 Å². The first-order chi connectivity index (χ1) is 8.81. The van der Waals surface area contributed by atoms with Gasteiger partial charge in [0.1, 0.15) is 11.7 Å². The Balaban J connectivity index is 1.76. The molecular weight excluding hydrogens is 256 g/mol. The van der Waals surface area contributed by atoms with Crippen LogP contribution in [0.5, 0.6) is 0 Å². The van der Waals surface area contributed by atoms with Gasteiger partial charge in [-0.2, -0.15) is 5.10 Å². The molecule has 0 saturated carbocycles. The van der Waals surface area contributed by atoms with Crippen molar-refractivity contribution < 1.29 is 4.42 Å². The fourth-order valence-corrected chi connectivity index (χ4v) is 1.60. The van der Waals surface area contributed by atoms with E-state index in [4.69, 9.17) is 16.0 Å². The van der Waals surface area contributed by atoms with Gasteiger partial charge >= 0.3 is 0 Å². The maximum Gasteiger partial charge on any atom is 0.249 e. The van der Waals surface area contributed by atoms with Gasteiger partial charge < -0.3 is 4.42 Å². The molecule has 92 valence electrons. The van der Waals surface area contributed by atoms with E-state index < -0.39 is 0 Å². The van der Waals surface area contributed by atoms with Crippen molar-refractivity contribution in [1.82, 2.24) is 25.7 Å². The fourth-order valence-electron chi connectivity index (χ4n) is 1.49. The zero-order chi connectivity index (χ0) is 12.4. The van der Waals surface area contributed by atoms with Gasteiger partial charge in [0.25, 0.3) is 0 Å². The van der Waals surface area contributed by atoms with Crippen molar-refractivity contribution >= 4 is 17.8 Å². The van der Waals surface area contributed by atoms with E-state index in [-0.39, 0.29) is 0 Å². The van der Waals surface area contributed by atoms with Crippen LogP contribution in [0.2, 0.25) is 5.15 Å². The molecule has 0 saturated heterocycles. The van der Waals surface area contributed by atoms with Gasteiger partial charge in [-0.1, -0.05) is 11.6 Å². The first-order valence-corrected chi connectivity index (χ1v) is 5.67. The Labute approximate surface area is 107 Å². The summed E-state index contributed by atoms with van der Waals surface area (Å²) in [5.41, 5.74) is 3.75. The number of rotatable bonds is 3. The normalized spacial score (nSPS) is 14.4. The van der Waals surface area contributed by atoms with Crippen LogP contribution in [0.15, 0.2) is 27.8 Å². The second-order valence-corrected chi connectivity index (χ2v) is 3.98. The van der Waals surface area contributed by atoms with E-state index >= 15 is 0 Å². The van der Waals surface area contributed by atoms with Crippen LogP contribution in [-0.2, 0) is 6.54 Å². The molecule has 0 unspecified atom stereocenters. The van der Waals surface area contributed by atoms with Crippen molar-refractivity contribution in [2.24, 2.45) is 5.10 Å². The highest BCUT2D eigenvalue weighted by atomic mass is 35.5. The van der Waals surface area contributed by atoms with Crippen molar-refractivity contribution in [3.63, 3.8) is 0 Å². The highest BCUT2D eigenvalue weighted by Gasteiger charge is 2.13. The number of hydrazine groups is 1. The lowest BCUT2D eigenvalue weighted by Crippen LogP contribution is -2.28. The van der Waals surface area contributed by atoms with Crippen LogP contribution in [0.25, 0.3) is 11.5 Å². The molecule has 1 N–H and O–H groups in total. The van der Waals surface area contributed by atoms with Gasteiger partial charge in [-0.05, 0) is 12.1 Å². The molecule has 8 heteroatoms. The number of pyridine rings is 1. The highest BCUT2D eigenvalue weighted by molar-refractivity contribution is 6.29. The molecule has 2 aromatic heterocycles. The number of hydrogen-bond acceptors (Lipinski definition) is 7. The van der Waals surface area contributed by atoms with Crippen LogP contribution < -0.4 is 5.43 Å². The van der Waals surface area contributed by atoms with Crippen molar-refractivity contribution in [2.75, 3.05) is 6.54 Å². The summed E-state index contributed by atoms with van der Waals surface area (Å²) in [6, 6.07) is 3.45. The number of hydrazone groups is 1. The molecule has 0 amide bonds. The minimum Gasteiger partial charge on any atom is -0.419 e. The fraction of sp³-hybridized carbons (Fsp3) is 0.200. The van der Waals surface area contributed by atoms with Gasteiger partial charge in [0.05, 0.1) is 12.1 Å². The lowest BCUT2D eigenvalue weighted by molar-refractivity contribution is 0.200. The maximum atomic E-state index is 5.71. The third-order valence-electron chi connectivity index (χ3n) is 2.31. The standard InChI is InChI=1S/C10H9ClN6O/c11-8-2-1-7(5-12-8)10-16-15-9(18-10)6-17-13-3-4-14-17/h1-3,5,14H,4,6H2. The molecule has 1 aliphatic heterocycles. The Morgan fingerprint density at radius 3 is 3.06 bits per heavy atom. The highest BCUT2D eigenvalue weighted by Crippen LogP contribution is 2.18. The minimum atomic E-state index is 0.414. The third-order valence-corrected chi connectivity index (χ3v) is 2.54. The smallest absolute Gasteiger partial charge is 0.249 e. The second-order valence-electron chi connectivity index (χ2n) is 3.59. The van der Waals surface area contributed by atoms with E-state index in [9.17, 15) is 0 Å². The zero-order valence-electron chi connectivity index (χ0n) is 9.25. The predicted octanol–water partition coefficient (Wildman–Crippen LogP) is 1.09. The molecule has 2 aromatic rings. The summed E-state index contributed by atoms with van der Waals surface area (Å²) in [4.78, 5) is 3.96. The molecule has 0 radical (unpaired) electrons. The lowest BCUT2D eigenvalue weighted by atomic mass is 10.3. The molecule has 0 atom stereocenters. The summed E-state index contributed by atoms with van der Waals surface area (Å²) >= 11 is 5.71. The number of aromatic nitrogens is 3. The molecule has 0 fully saturated rings. The SMILES string of the molecule is Clc1ccc(-c2nnc(CN3N=CCN3)o2)cn1. The van der Waals surface area contributed by atoms with Gasteiger partial charge in [-0.25, -0.2) is 15.5 Å². The van der Waals surface area contributed by atoms with Gasteiger partial charge in [0, 0.05) is 12.4 Å². The third kappa shape index (κ3) is 2.31. The van der Waals surface area contributed by atoms with E-state index in [0.717, 1.165) is 5.56 Å². The Hall–Kier alpha value is -1.99. The van der Waals surface area contributed by atoms with Gasteiger partial charge in [0.15, 0.2) is 0 Å². The van der Waals surface area contributed by atoms with Crippen molar-refractivity contribution in [3.8, 4) is 11.5 Å². The van der Waals surface area contributed by atoms with Crippen LogP contribution in [-0.4, -0.2) is 33.1 Å². The average molecular weight is 265 g/mol. The summed E-state index contributed by atoms with van der Waals surface area (Å²) in [5, 5.41) is 14.0. The number of nitrogens with zero attached hydrogens (tertiary/aromatic N) is 5. The number of hydrogen-bond donors (Lipinski definition) is 1. The summed E-state index contributed by atoms with van der Waals surface area (Å²) in [5.74, 6) is 0.892. The molecule has 18 heavy (non-hydrogen) atoms. The maximum absolute atomic E-state index is 5.71. The minimum absolute atomic E-state index is 0.414. The monoisotopic (exact) mass is 264 g/mol. The van der Waals surface area contributed by atoms with E-state index in [1.54, 1.807) is 29.7 Å². The Kier molecular flexibility index (Phi) is 2.91. The van der Waals surface area contributed by atoms with Crippen LogP contribution in [0.1, 0.15) is 5.89 Å². The first-order valence-electron chi connectivity index (χ1n) is 5.29. The lowest BCUT2D eigenvalue weighted by Gasteiger charge is -2.09. The molecular formula is C10H9ClN6O. The van der Waals surface area contributed by atoms with E-state index in [0.29, 0.717) is 30.0 Å². The van der Waals surface area contributed by atoms with Crippen LogP contribution in [0.4, 0.5) is 0 Å². The topological polar surface area (TPSA) is 79.4 Å². The quantitative estimate of drug-likeness (QED) is 0.836. The Bertz CT molecular complexity index is 566. The summed E-state index contributed by atoms with van der Waals surface area (Å²) in [6.07, 6.45) is 3.35. The first kappa shape index (κ1) is 11.1. The van der Waals surface area contributed by atoms with Gasteiger partial charge in [0.2, 0.25) is 11.8 Å². The number of halogens is 1. The molecule has 0 bridgehead atoms. The average Bonchev–Trinajstić information content (AvgIpc) is 3.02. The second kappa shape index (κ2) is 4.71. The molecule has 1 aliphatic rings. The Morgan fingerprint density at radius 2 is 2.33 bits per heavy atom. The molecule has 3 heterocycles. The summed E-state index contributed by atoms with van der Waals surface area (Å²) < 4.78 is 5.51. The van der Waals surface area contributed by atoms with Gasteiger partial charge in [-0.15, -0.1) is 10.2 Å². The van der Waals surface area contributed by atoms with E-state index in [2.05, 4.69) is 25.7 Å². The Morgan fingerprint density at radius 1 is 1.39 bits per heavy atom. The van der Waals surface area contributed by atoms with Crippen LogP contribution in [0, 0.1) is 0 Å². The van der Waals surface area contributed by atoms with Crippen LogP contribution >= 0.6 is 11.6 Å². The van der Waals surface area contributed by atoms with Crippen molar-refractivity contribution in [1.29, 1.82) is 0 Å². The van der Waals surface area contributed by atoms with Crippen LogP contribution in [0.3, 0.4) is 0 Å². The molecule has 7 nitrogen and oxygen atoms in total. The summed E-state index contributed by atoms with van der Waals surface area (Å²) in [6.45, 7) is 1.13. The summed E-state index contributed by atoms with van der Waals surface area (Å²) in [7, 11) is 0. The largest absolute Gasteiger partial charge is 0.419 e. The molecule has 0 aromatic carbocycles.